The molecule has 0 heterocycles. The number of carbonyl (C=O) groups excluding carboxylic acids is 1. The van der Waals surface area contributed by atoms with E-state index < -0.39 is 0 Å². The van der Waals surface area contributed by atoms with Gasteiger partial charge in [-0.15, -0.1) is 0 Å². The second-order valence-corrected chi connectivity index (χ2v) is 4.71. The van der Waals surface area contributed by atoms with E-state index in [1.165, 1.54) is 0 Å². The number of nitrogens with zero attached hydrogens (tertiary/aromatic N) is 1. The van der Waals surface area contributed by atoms with Gasteiger partial charge in [-0.1, -0.05) is 6.07 Å². The van der Waals surface area contributed by atoms with E-state index in [4.69, 9.17) is 15.7 Å². The van der Waals surface area contributed by atoms with Gasteiger partial charge in [0.15, 0.2) is 0 Å². The fourth-order valence-electron chi connectivity index (χ4n) is 2.21. The first kappa shape index (κ1) is 14.3. The molecule has 6 heteroatoms. The quantitative estimate of drug-likeness (QED) is 0.767. The lowest BCUT2D eigenvalue weighted by Gasteiger charge is -2.42. The van der Waals surface area contributed by atoms with Crippen LogP contribution in [0.2, 0.25) is 0 Å². The van der Waals surface area contributed by atoms with Crippen molar-refractivity contribution in [2.24, 2.45) is 5.73 Å². The van der Waals surface area contributed by atoms with Gasteiger partial charge < -0.3 is 21.1 Å². The van der Waals surface area contributed by atoms with E-state index in [1.54, 1.807) is 24.3 Å². The molecule has 4 N–H and O–H groups in total. The molecule has 0 aliphatic heterocycles. The third-order valence-corrected chi connectivity index (χ3v) is 3.29. The zero-order valence-electron chi connectivity index (χ0n) is 11.3. The zero-order valence-corrected chi connectivity index (χ0v) is 11.3. The minimum Gasteiger partial charge on any atom is -0.376 e. The monoisotopic (exact) mass is 274 g/mol. The van der Waals surface area contributed by atoms with Crippen LogP contribution in [-0.4, -0.2) is 30.8 Å². The molecule has 1 aromatic rings. The number of ether oxygens (including phenoxy) is 1. The van der Waals surface area contributed by atoms with E-state index in [0.29, 0.717) is 17.9 Å². The van der Waals surface area contributed by atoms with Crippen molar-refractivity contribution < 1.29 is 9.53 Å². The number of nitriles is 1. The molecule has 1 saturated carbocycles. The number of carbonyl (C=O) groups is 1. The average molecular weight is 274 g/mol. The highest BCUT2D eigenvalue weighted by Gasteiger charge is 2.40. The lowest BCUT2D eigenvalue weighted by molar-refractivity contribution is -0.0277. The van der Waals surface area contributed by atoms with Gasteiger partial charge in [0, 0.05) is 18.3 Å². The van der Waals surface area contributed by atoms with Gasteiger partial charge in [0.2, 0.25) is 0 Å². The summed E-state index contributed by atoms with van der Waals surface area (Å²) in [5.74, 6) is 0. The van der Waals surface area contributed by atoms with Gasteiger partial charge in [-0.2, -0.15) is 5.26 Å². The lowest BCUT2D eigenvalue weighted by atomic mass is 9.83. The Balaban J connectivity index is 1.90. The summed E-state index contributed by atoms with van der Waals surface area (Å²) in [5.41, 5.74) is 6.93. The second kappa shape index (κ2) is 6.37. The molecule has 20 heavy (non-hydrogen) atoms. The fraction of sp³-hybridized carbons (Fsp3) is 0.429. The predicted octanol–water partition coefficient (Wildman–Crippen LogP) is 1.18. The van der Waals surface area contributed by atoms with Crippen LogP contribution in [0.25, 0.3) is 0 Å². The number of benzene rings is 1. The zero-order chi connectivity index (χ0) is 14.5. The fourth-order valence-corrected chi connectivity index (χ4v) is 2.21. The van der Waals surface area contributed by atoms with Crippen molar-refractivity contribution in [2.75, 3.05) is 11.9 Å². The minimum atomic E-state index is -0.343. The molecule has 1 aliphatic rings. The number of urea groups is 1. The van der Waals surface area contributed by atoms with Crippen LogP contribution in [-0.2, 0) is 4.74 Å². The summed E-state index contributed by atoms with van der Waals surface area (Å²) >= 11 is 0. The van der Waals surface area contributed by atoms with Crippen LogP contribution < -0.4 is 16.4 Å². The van der Waals surface area contributed by atoms with Crippen LogP contribution in [0.4, 0.5) is 10.5 Å². The molecule has 2 rings (SSSR count). The third kappa shape index (κ3) is 3.26. The molecular formula is C14H18N4O2. The highest BCUT2D eigenvalue weighted by molar-refractivity contribution is 5.89. The molecular weight excluding hydrogens is 256 g/mol. The first-order valence-electron chi connectivity index (χ1n) is 6.59. The van der Waals surface area contributed by atoms with Crippen molar-refractivity contribution >= 4 is 11.7 Å². The van der Waals surface area contributed by atoms with Crippen LogP contribution in [0.3, 0.4) is 0 Å². The van der Waals surface area contributed by atoms with Gasteiger partial charge in [0.05, 0.1) is 23.8 Å². The molecule has 6 nitrogen and oxygen atoms in total. The van der Waals surface area contributed by atoms with Crippen LogP contribution >= 0.6 is 0 Å². The number of amides is 2. The van der Waals surface area contributed by atoms with Crippen LogP contribution in [0.1, 0.15) is 18.9 Å². The maximum atomic E-state index is 11.9. The Kier molecular flexibility index (Phi) is 4.56. The van der Waals surface area contributed by atoms with Crippen molar-refractivity contribution in [3.05, 3.63) is 29.8 Å². The average Bonchev–Trinajstić information content (AvgIpc) is 2.45. The van der Waals surface area contributed by atoms with E-state index in [2.05, 4.69) is 10.6 Å². The van der Waals surface area contributed by atoms with E-state index in [1.807, 2.05) is 13.0 Å². The first-order valence-corrected chi connectivity index (χ1v) is 6.59. The number of nitrogens with one attached hydrogen (secondary N) is 2. The topological polar surface area (TPSA) is 100 Å². The Labute approximate surface area is 117 Å². The highest BCUT2D eigenvalue weighted by atomic mass is 16.5. The van der Waals surface area contributed by atoms with Gasteiger partial charge in [-0.25, -0.2) is 4.79 Å². The normalized spacial score (nSPS) is 24.4. The molecule has 106 valence electrons. The van der Waals surface area contributed by atoms with E-state index in [0.717, 1.165) is 6.42 Å². The standard InChI is InChI=1S/C14H18N4O2/c1-2-20-12-7-11(16)13(12)18-14(19)17-10-5-3-4-9(6-10)8-15/h3-6,11-13H,2,7,16H2,1H3,(H2,17,18,19). The molecule has 1 fully saturated rings. The van der Waals surface area contributed by atoms with Gasteiger partial charge in [-0.05, 0) is 31.5 Å². The molecule has 0 radical (unpaired) electrons. The van der Waals surface area contributed by atoms with Crippen molar-refractivity contribution in [1.29, 1.82) is 5.26 Å². The largest absolute Gasteiger partial charge is 0.376 e. The summed E-state index contributed by atoms with van der Waals surface area (Å²) in [5, 5.41) is 14.3. The molecule has 0 bridgehead atoms. The maximum absolute atomic E-state index is 11.9. The van der Waals surface area contributed by atoms with Crippen molar-refractivity contribution in [1.82, 2.24) is 5.32 Å². The number of hydrogen-bond donors (Lipinski definition) is 3. The molecule has 1 aliphatic carbocycles. The summed E-state index contributed by atoms with van der Waals surface area (Å²) in [6.07, 6.45) is 0.731. The van der Waals surface area contributed by atoms with Crippen molar-refractivity contribution in [3.63, 3.8) is 0 Å². The summed E-state index contributed by atoms with van der Waals surface area (Å²) in [7, 11) is 0. The number of nitrogens with two attached hydrogens (primary N) is 1. The Bertz CT molecular complexity index is 524. The Morgan fingerprint density at radius 1 is 1.60 bits per heavy atom. The summed E-state index contributed by atoms with van der Waals surface area (Å²) in [4.78, 5) is 11.9. The van der Waals surface area contributed by atoms with Crippen LogP contribution in [0.15, 0.2) is 24.3 Å². The van der Waals surface area contributed by atoms with Gasteiger partial charge in [0.1, 0.15) is 0 Å². The van der Waals surface area contributed by atoms with E-state index in [-0.39, 0.29) is 24.2 Å². The van der Waals surface area contributed by atoms with Gasteiger partial charge in [0.25, 0.3) is 0 Å². The van der Waals surface area contributed by atoms with Gasteiger partial charge >= 0.3 is 6.03 Å². The Morgan fingerprint density at radius 3 is 3.05 bits per heavy atom. The molecule has 3 atom stereocenters. The summed E-state index contributed by atoms with van der Waals surface area (Å²) in [6.45, 7) is 2.51. The Morgan fingerprint density at radius 2 is 2.40 bits per heavy atom. The SMILES string of the molecule is CCOC1CC(N)C1NC(=O)Nc1cccc(C#N)c1. The number of hydrogen-bond acceptors (Lipinski definition) is 4. The number of rotatable bonds is 4. The summed E-state index contributed by atoms with van der Waals surface area (Å²) < 4.78 is 5.48. The molecule has 2 amide bonds. The molecule has 3 unspecified atom stereocenters. The molecule has 0 aromatic heterocycles. The predicted molar refractivity (Wildman–Crippen MR) is 75.1 cm³/mol. The van der Waals surface area contributed by atoms with E-state index in [9.17, 15) is 4.79 Å². The minimum absolute atomic E-state index is 0.0220. The van der Waals surface area contributed by atoms with Gasteiger partial charge in [-0.3, -0.25) is 0 Å². The van der Waals surface area contributed by atoms with E-state index >= 15 is 0 Å². The maximum Gasteiger partial charge on any atom is 0.319 e. The lowest BCUT2D eigenvalue weighted by Crippen LogP contribution is -2.65. The van der Waals surface area contributed by atoms with Crippen LogP contribution in [0.5, 0.6) is 0 Å². The third-order valence-electron chi connectivity index (χ3n) is 3.29. The second-order valence-electron chi connectivity index (χ2n) is 4.71. The highest BCUT2D eigenvalue weighted by Crippen LogP contribution is 2.22. The molecule has 0 saturated heterocycles. The van der Waals surface area contributed by atoms with Crippen molar-refractivity contribution in [3.8, 4) is 6.07 Å². The molecule has 1 aromatic carbocycles. The first-order chi connectivity index (χ1) is 9.63. The summed E-state index contributed by atoms with van der Waals surface area (Å²) in [6, 6.07) is 8.15. The van der Waals surface area contributed by atoms with Crippen molar-refractivity contribution in [2.45, 2.75) is 31.5 Å². The Hall–Kier alpha value is -2.10. The molecule has 0 spiro atoms. The number of anilines is 1. The smallest absolute Gasteiger partial charge is 0.319 e. The van der Waals surface area contributed by atoms with Crippen LogP contribution in [0, 0.1) is 11.3 Å².